The molecule has 1 aromatic heterocycles. The summed E-state index contributed by atoms with van der Waals surface area (Å²) in [5.41, 5.74) is 6.85. The van der Waals surface area contributed by atoms with E-state index in [1.54, 1.807) is 48.7 Å². The summed E-state index contributed by atoms with van der Waals surface area (Å²) in [5, 5.41) is 14.2. The fourth-order valence-electron chi connectivity index (χ4n) is 2.41. The highest BCUT2D eigenvalue weighted by molar-refractivity contribution is 6.14. The number of nitrogens with one attached hydrogen (secondary N) is 1. The molecule has 0 fully saturated rings. The van der Waals surface area contributed by atoms with E-state index >= 15 is 0 Å². The van der Waals surface area contributed by atoms with E-state index in [1.165, 1.54) is 18.2 Å². The molecule has 0 aliphatic carbocycles. The molecule has 0 spiro atoms. The van der Waals surface area contributed by atoms with Gasteiger partial charge in [-0.15, -0.1) is 0 Å². The number of pyridine rings is 1. The first-order chi connectivity index (χ1) is 12.1. The molecule has 0 aliphatic heterocycles. The minimum absolute atomic E-state index is 0.0238. The van der Waals surface area contributed by atoms with Crippen LogP contribution in [0.3, 0.4) is 0 Å². The van der Waals surface area contributed by atoms with Gasteiger partial charge >= 0.3 is 0 Å². The number of benzene rings is 2. The van der Waals surface area contributed by atoms with Crippen LogP contribution in [-0.2, 0) is 0 Å². The van der Waals surface area contributed by atoms with Gasteiger partial charge in [0.05, 0.1) is 16.3 Å². The van der Waals surface area contributed by atoms with E-state index in [0.717, 1.165) is 0 Å². The number of hydrogen-bond donors (Lipinski definition) is 2. The molecule has 0 aliphatic rings. The maximum absolute atomic E-state index is 12.9. The van der Waals surface area contributed by atoms with Crippen molar-refractivity contribution in [3.05, 3.63) is 88.1 Å². The zero-order valence-corrected chi connectivity index (χ0v) is 13.0. The molecule has 0 saturated heterocycles. The number of carbonyl (C=O) groups is 1. The highest BCUT2D eigenvalue weighted by Crippen LogP contribution is 2.28. The van der Waals surface area contributed by atoms with E-state index in [0.29, 0.717) is 22.8 Å². The standard InChI is InChI=1S/C18H14N4O3/c19-14-8-5-11-20-18(14)21-15-9-3-1-6-12(15)17(23)13-7-2-4-10-16(13)22(24)25/h1-11H,19H2,(H,20,21). The lowest BCUT2D eigenvalue weighted by molar-refractivity contribution is -0.385. The van der Waals surface area contributed by atoms with Crippen LogP contribution >= 0.6 is 0 Å². The van der Waals surface area contributed by atoms with Crippen LogP contribution in [0.1, 0.15) is 15.9 Å². The number of aromatic nitrogens is 1. The normalized spacial score (nSPS) is 10.2. The van der Waals surface area contributed by atoms with Crippen LogP contribution in [0.2, 0.25) is 0 Å². The van der Waals surface area contributed by atoms with E-state index in [9.17, 15) is 14.9 Å². The number of nitro benzene ring substituents is 1. The van der Waals surface area contributed by atoms with Gasteiger partial charge in [0, 0.05) is 17.8 Å². The second kappa shape index (κ2) is 6.79. The lowest BCUT2D eigenvalue weighted by Crippen LogP contribution is -2.09. The predicted molar refractivity (Wildman–Crippen MR) is 94.9 cm³/mol. The predicted octanol–water partition coefficient (Wildman–Crippen LogP) is 3.55. The summed E-state index contributed by atoms with van der Waals surface area (Å²) in [6.07, 6.45) is 1.57. The lowest BCUT2D eigenvalue weighted by atomic mass is 10.00. The molecule has 2 aromatic carbocycles. The second-order valence-corrected chi connectivity index (χ2v) is 5.22. The second-order valence-electron chi connectivity index (χ2n) is 5.22. The summed E-state index contributed by atoms with van der Waals surface area (Å²) in [6.45, 7) is 0. The number of nitrogens with zero attached hydrogens (tertiary/aromatic N) is 2. The molecule has 0 radical (unpaired) electrons. The lowest BCUT2D eigenvalue weighted by Gasteiger charge is -2.12. The average Bonchev–Trinajstić information content (AvgIpc) is 2.63. The smallest absolute Gasteiger partial charge is 0.280 e. The maximum atomic E-state index is 12.9. The largest absolute Gasteiger partial charge is 0.396 e. The Balaban J connectivity index is 2.03. The van der Waals surface area contributed by atoms with Gasteiger partial charge in [-0.25, -0.2) is 4.98 Å². The molecule has 0 amide bonds. The van der Waals surface area contributed by atoms with E-state index in [4.69, 9.17) is 5.73 Å². The van der Waals surface area contributed by atoms with Gasteiger partial charge in [0.25, 0.3) is 5.69 Å². The van der Waals surface area contributed by atoms with Crippen LogP contribution in [0.15, 0.2) is 66.9 Å². The average molecular weight is 334 g/mol. The Bertz CT molecular complexity index is 956. The Kier molecular flexibility index (Phi) is 4.38. The number of nitrogen functional groups attached to an aromatic ring is 1. The SMILES string of the molecule is Nc1cccnc1Nc1ccccc1C(=O)c1ccccc1[N+](=O)[O-]. The monoisotopic (exact) mass is 334 g/mol. The van der Waals surface area contributed by atoms with E-state index in [1.807, 2.05) is 0 Å². The number of hydrogen-bond acceptors (Lipinski definition) is 6. The van der Waals surface area contributed by atoms with Crippen molar-refractivity contribution in [3.8, 4) is 0 Å². The summed E-state index contributed by atoms with van der Waals surface area (Å²) in [5.74, 6) is -0.0461. The summed E-state index contributed by atoms with van der Waals surface area (Å²) in [4.78, 5) is 27.6. The third-order valence-corrected chi connectivity index (χ3v) is 3.61. The van der Waals surface area contributed by atoms with Crippen LogP contribution in [0.5, 0.6) is 0 Å². The molecule has 3 rings (SSSR count). The van der Waals surface area contributed by atoms with Crippen molar-refractivity contribution in [1.82, 2.24) is 4.98 Å². The van der Waals surface area contributed by atoms with E-state index in [-0.39, 0.29) is 11.3 Å². The van der Waals surface area contributed by atoms with Crippen molar-refractivity contribution in [3.63, 3.8) is 0 Å². The Labute approximate surface area is 143 Å². The van der Waals surface area contributed by atoms with Crippen LogP contribution < -0.4 is 11.1 Å². The zero-order valence-electron chi connectivity index (χ0n) is 13.0. The van der Waals surface area contributed by atoms with E-state index < -0.39 is 10.7 Å². The Morgan fingerprint density at radius 3 is 2.40 bits per heavy atom. The van der Waals surface area contributed by atoms with Gasteiger partial charge in [0.15, 0.2) is 5.82 Å². The number of rotatable bonds is 5. The quantitative estimate of drug-likeness (QED) is 0.419. The minimum Gasteiger partial charge on any atom is -0.396 e. The molecule has 1 heterocycles. The van der Waals surface area contributed by atoms with Crippen molar-refractivity contribution < 1.29 is 9.72 Å². The summed E-state index contributed by atoms with van der Waals surface area (Å²) < 4.78 is 0. The molecule has 7 nitrogen and oxygen atoms in total. The van der Waals surface area contributed by atoms with Gasteiger partial charge in [-0.1, -0.05) is 24.3 Å². The molecule has 7 heteroatoms. The van der Waals surface area contributed by atoms with Crippen molar-refractivity contribution in [2.24, 2.45) is 0 Å². The first-order valence-corrected chi connectivity index (χ1v) is 7.42. The molecule has 3 N–H and O–H groups in total. The van der Waals surface area contributed by atoms with Gasteiger partial charge in [-0.3, -0.25) is 14.9 Å². The third-order valence-electron chi connectivity index (χ3n) is 3.61. The van der Waals surface area contributed by atoms with Gasteiger partial charge in [-0.2, -0.15) is 0 Å². The number of carbonyl (C=O) groups excluding carboxylic acids is 1. The number of nitro groups is 1. The van der Waals surface area contributed by atoms with Gasteiger partial charge in [-0.05, 0) is 30.3 Å². The fourth-order valence-corrected chi connectivity index (χ4v) is 2.41. The Morgan fingerprint density at radius 2 is 1.68 bits per heavy atom. The van der Waals surface area contributed by atoms with Crippen LogP contribution in [0, 0.1) is 10.1 Å². The molecule has 3 aromatic rings. The molecule has 0 saturated carbocycles. The Morgan fingerprint density at radius 1 is 1.00 bits per heavy atom. The van der Waals surface area contributed by atoms with Crippen LogP contribution in [-0.4, -0.2) is 15.7 Å². The number of anilines is 3. The van der Waals surface area contributed by atoms with Crippen molar-refractivity contribution >= 4 is 28.7 Å². The molecular weight excluding hydrogens is 320 g/mol. The maximum Gasteiger partial charge on any atom is 0.280 e. The van der Waals surface area contributed by atoms with Gasteiger partial charge in [0.1, 0.15) is 5.56 Å². The molecule has 124 valence electrons. The minimum atomic E-state index is -0.569. The van der Waals surface area contributed by atoms with Gasteiger partial charge < -0.3 is 11.1 Å². The van der Waals surface area contributed by atoms with Gasteiger partial charge in [0.2, 0.25) is 5.78 Å². The first kappa shape index (κ1) is 16.1. The summed E-state index contributed by atoms with van der Waals surface area (Å²) >= 11 is 0. The van der Waals surface area contributed by atoms with E-state index in [2.05, 4.69) is 10.3 Å². The molecule has 0 bridgehead atoms. The highest BCUT2D eigenvalue weighted by Gasteiger charge is 2.22. The Hall–Kier alpha value is -3.74. The molecule has 0 atom stereocenters. The third kappa shape index (κ3) is 3.30. The molecular formula is C18H14N4O3. The summed E-state index contributed by atoms with van der Waals surface area (Å²) in [6, 6.07) is 16.0. The van der Waals surface area contributed by atoms with Crippen LogP contribution in [0.25, 0.3) is 0 Å². The number of para-hydroxylation sites is 2. The van der Waals surface area contributed by atoms with Crippen molar-refractivity contribution in [2.45, 2.75) is 0 Å². The number of nitrogens with two attached hydrogens (primary N) is 1. The fraction of sp³-hybridized carbons (Fsp3) is 0. The zero-order chi connectivity index (χ0) is 17.8. The first-order valence-electron chi connectivity index (χ1n) is 7.42. The highest BCUT2D eigenvalue weighted by atomic mass is 16.6. The number of ketones is 1. The molecule has 25 heavy (non-hydrogen) atoms. The van der Waals surface area contributed by atoms with Crippen molar-refractivity contribution in [2.75, 3.05) is 11.1 Å². The van der Waals surface area contributed by atoms with Crippen molar-refractivity contribution in [1.29, 1.82) is 0 Å². The topological polar surface area (TPSA) is 111 Å². The van der Waals surface area contributed by atoms with Crippen LogP contribution in [0.4, 0.5) is 22.9 Å². The molecule has 0 unspecified atom stereocenters. The summed E-state index contributed by atoms with van der Waals surface area (Å²) in [7, 11) is 0.